The summed E-state index contributed by atoms with van der Waals surface area (Å²) in [4.78, 5) is 4.13. The van der Waals surface area contributed by atoms with Crippen LogP contribution < -0.4 is 9.80 Å². The lowest BCUT2D eigenvalue weighted by Gasteiger charge is -2.34. The van der Waals surface area contributed by atoms with Crippen LogP contribution in [0.3, 0.4) is 0 Å². The van der Waals surface area contributed by atoms with Crippen LogP contribution >= 0.6 is 43.5 Å². The second kappa shape index (κ2) is 17.7. The number of hydrogen-bond donors (Lipinski definition) is 0. The van der Waals surface area contributed by atoms with E-state index in [0.29, 0.717) is 36.7 Å². The van der Waals surface area contributed by atoms with Crippen molar-refractivity contribution in [3.63, 3.8) is 0 Å². The first-order valence-corrected chi connectivity index (χ1v) is 21.6. The summed E-state index contributed by atoms with van der Waals surface area (Å²) in [5.74, 6) is -0.834. The van der Waals surface area contributed by atoms with Gasteiger partial charge in [-0.25, -0.2) is 8.78 Å². The second-order valence-electron chi connectivity index (χ2n) is 14.4. The second-order valence-corrected chi connectivity index (χ2v) is 16.5. The molecule has 0 radical (unpaired) electrons. The minimum absolute atomic E-state index is 0.344. The molecule has 0 atom stereocenters. The third-order valence-electron chi connectivity index (χ3n) is 10.6. The number of halogens is 5. The Morgan fingerprint density at radius 3 is 0.934 bits per heavy atom. The Balaban J connectivity index is 1.38. The molecular weight excluding hydrogens is 910 g/mol. The van der Waals surface area contributed by atoms with Crippen LogP contribution in [0.1, 0.15) is 0 Å². The van der Waals surface area contributed by atoms with Gasteiger partial charge in [0.1, 0.15) is 11.6 Å². The zero-order valence-corrected chi connectivity index (χ0v) is 36.4. The first kappa shape index (κ1) is 40.1. The Labute approximate surface area is 376 Å². The number of benzene rings is 9. The average molecular weight is 945 g/mol. The zero-order chi connectivity index (χ0) is 41.9. The fourth-order valence-electron chi connectivity index (χ4n) is 7.85. The van der Waals surface area contributed by atoms with Gasteiger partial charge in [-0.1, -0.05) is 169 Å². The van der Waals surface area contributed by atoms with Crippen LogP contribution in [0.2, 0.25) is 5.02 Å². The first-order chi connectivity index (χ1) is 29.8. The van der Waals surface area contributed by atoms with Gasteiger partial charge >= 0.3 is 0 Å². The topological polar surface area (TPSA) is 6.48 Å². The number of anilines is 6. The Kier molecular flexibility index (Phi) is 11.7. The van der Waals surface area contributed by atoms with Crippen LogP contribution in [-0.4, -0.2) is 0 Å². The molecule has 0 amide bonds. The number of hydrogen-bond acceptors (Lipinski definition) is 2. The fraction of sp³-hybridized carbons (Fsp3) is 0. The van der Waals surface area contributed by atoms with E-state index in [9.17, 15) is 0 Å². The van der Waals surface area contributed by atoms with Crippen molar-refractivity contribution in [3.05, 3.63) is 238 Å². The van der Waals surface area contributed by atoms with Crippen LogP contribution in [0.15, 0.2) is 221 Å². The van der Waals surface area contributed by atoms with Crippen molar-refractivity contribution in [1.82, 2.24) is 0 Å². The van der Waals surface area contributed by atoms with E-state index >= 15 is 8.78 Å². The van der Waals surface area contributed by atoms with Crippen molar-refractivity contribution in [1.29, 1.82) is 0 Å². The molecule has 0 aliphatic heterocycles. The molecule has 61 heavy (non-hydrogen) atoms. The summed E-state index contributed by atoms with van der Waals surface area (Å²) in [7, 11) is 0. The molecule has 0 unspecified atom stereocenters. The zero-order valence-electron chi connectivity index (χ0n) is 32.5. The number of nitrogens with zero attached hydrogens (tertiary/aromatic N) is 2. The van der Waals surface area contributed by atoms with E-state index in [2.05, 4.69) is 114 Å². The molecule has 0 N–H and O–H groups in total. The monoisotopic (exact) mass is 942 g/mol. The van der Waals surface area contributed by atoms with Gasteiger partial charge in [0.25, 0.3) is 0 Å². The van der Waals surface area contributed by atoms with Crippen LogP contribution in [0.4, 0.5) is 42.9 Å². The molecule has 0 aliphatic rings. The molecule has 9 aromatic rings. The normalized spacial score (nSPS) is 11.0. The third-order valence-corrected chi connectivity index (χ3v) is 12.1. The summed E-state index contributed by atoms with van der Waals surface area (Å²) in [5, 5.41) is 0.426. The van der Waals surface area contributed by atoms with E-state index in [-0.39, 0.29) is 0 Å². The molecule has 9 rings (SSSR count). The van der Waals surface area contributed by atoms with Crippen molar-refractivity contribution in [3.8, 4) is 44.5 Å². The van der Waals surface area contributed by atoms with Crippen molar-refractivity contribution in [2.45, 2.75) is 0 Å². The minimum Gasteiger partial charge on any atom is -0.309 e. The third kappa shape index (κ3) is 8.27. The van der Waals surface area contributed by atoms with Gasteiger partial charge in [0, 0.05) is 50.0 Å². The summed E-state index contributed by atoms with van der Waals surface area (Å²) in [5.41, 5.74) is 11.8. The SMILES string of the molecule is Fc1cc(N(c2cc(Cl)cc(N(c3ccc(Br)c(F)c3)c3c(-c4ccccc4)cccc3-c3ccccc3)c2)c2c(-c3ccccc3)cccc2-c2ccccc2)ccc1Br. The molecule has 296 valence electrons. The Morgan fingerprint density at radius 2 is 0.639 bits per heavy atom. The standard InChI is InChI=1S/C54H35Br2ClF2N2/c55-49-29-27-41(34-51(49)58)60(53-45(36-15-5-1-6-16-36)23-13-24-46(53)37-17-7-2-8-18-37)43-31-40(57)32-44(33-43)61(42-28-30-50(56)52(59)35-42)54-47(38-19-9-3-10-20-38)25-14-26-48(54)39-21-11-4-12-22-39/h1-35H. The van der Waals surface area contributed by atoms with Crippen molar-refractivity contribution < 1.29 is 8.78 Å². The Hall–Kier alpha value is -6.31. The van der Waals surface area contributed by atoms with Crippen LogP contribution in [-0.2, 0) is 0 Å². The van der Waals surface area contributed by atoms with E-state index in [1.54, 1.807) is 12.1 Å². The molecule has 0 bridgehead atoms. The van der Waals surface area contributed by atoms with E-state index in [1.807, 2.05) is 115 Å². The Bertz CT molecular complexity index is 2670. The smallest absolute Gasteiger partial charge is 0.139 e. The van der Waals surface area contributed by atoms with Gasteiger partial charge < -0.3 is 9.80 Å². The van der Waals surface area contributed by atoms with Gasteiger partial charge in [-0.2, -0.15) is 0 Å². The lowest BCUT2D eigenvalue weighted by Crippen LogP contribution is -2.16. The van der Waals surface area contributed by atoms with E-state index in [0.717, 1.165) is 55.9 Å². The van der Waals surface area contributed by atoms with Crippen LogP contribution in [0.25, 0.3) is 44.5 Å². The minimum atomic E-state index is -0.417. The largest absolute Gasteiger partial charge is 0.309 e. The van der Waals surface area contributed by atoms with Crippen LogP contribution in [0, 0.1) is 11.6 Å². The highest BCUT2D eigenvalue weighted by Gasteiger charge is 2.27. The molecule has 0 saturated heterocycles. The van der Waals surface area contributed by atoms with Gasteiger partial charge in [0.15, 0.2) is 0 Å². The van der Waals surface area contributed by atoms with Gasteiger partial charge in [-0.3, -0.25) is 0 Å². The molecule has 0 aromatic heterocycles. The van der Waals surface area contributed by atoms with E-state index in [4.69, 9.17) is 11.6 Å². The predicted octanol–water partition coefficient (Wildman–Crippen LogP) is 17.8. The van der Waals surface area contributed by atoms with Gasteiger partial charge in [0.2, 0.25) is 0 Å². The highest BCUT2D eigenvalue weighted by molar-refractivity contribution is 9.10. The molecule has 0 saturated carbocycles. The summed E-state index contributed by atoms with van der Waals surface area (Å²) >= 11 is 14.1. The fourth-order valence-corrected chi connectivity index (χ4v) is 8.57. The molecular formula is C54H35Br2ClF2N2. The van der Waals surface area contributed by atoms with Gasteiger partial charge in [-0.15, -0.1) is 0 Å². The highest BCUT2D eigenvalue weighted by Crippen LogP contribution is 2.51. The molecule has 9 aromatic carbocycles. The molecule has 7 heteroatoms. The van der Waals surface area contributed by atoms with Gasteiger partial charge in [-0.05, 0) is 109 Å². The molecule has 0 spiro atoms. The highest BCUT2D eigenvalue weighted by atomic mass is 79.9. The van der Waals surface area contributed by atoms with E-state index in [1.165, 1.54) is 12.1 Å². The molecule has 2 nitrogen and oxygen atoms in total. The average Bonchev–Trinajstić information content (AvgIpc) is 3.30. The lowest BCUT2D eigenvalue weighted by molar-refractivity contribution is 0.621. The quantitative estimate of drug-likeness (QED) is 0.135. The van der Waals surface area contributed by atoms with E-state index < -0.39 is 11.6 Å². The molecule has 0 heterocycles. The van der Waals surface area contributed by atoms with Crippen molar-refractivity contribution in [2.24, 2.45) is 0 Å². The summed E-state index contributed by atoms with van der Waals surface area (Å²) in [6.45, 7) is 0. The molecule has 0 fully saturated rings. The van der Waals surface area contributed by atoms with Gasteiger partial charge in [0.05, 0.1) is 20.3 Å². The van der Waals surface area contributed by atoms with Crippen molar-refractivity contribution in [2.75, 3.05) is 9.80 Å². The lowest BCUT2D eigenvalue weighted by atomic mass is 9.93. The maximum atomic E-state index is 15.9. The predicted molar refractivity (Wildman–Crippen MR) is 258 cm³/mol. The Morgan fingerprint density at radius 1 is 0.328 bits per heavy atom. The first-order valence-electron chi connectivity index (χ1n) is 19.6. The maximum Gasteiger partial charge on any atom is 0.139 e. The number of para-hydroxylation sites is 2. The maximum absolute atomic E-state index is 15.9. The molecule has 0 aliphatic carbocycles. The summed E-state index contributed by atoms with van der Waals surface area (Å²) < 4.78 is 32.5. The number of rotatable bonds is 10. The van der Waals surface area contributed by atoms with Crippen molar-refractivity contribution >= 4 is 77.6 Å². The van der Waals surface area contributed by atoms with Crippen LogP contribution in [0.5, 0.6) is 0 Å². The summed E-state index contributed by atoms with van der Waals surface area (Å²) in [6, 6.07) is 69.2. The summed E-state index contributed by atoms with van der Waals surface area (Å²) in [6.07, 6.45) is 0.